The summed E-state index contributed by atoms with van der Waals surface area (Å²) in [5.74, 6) is -0.827. The SMILES string of the molecule is CC(C)c1nc(CC(=O)NC2(C(=O)O)CCCCC2)cs1. The lowest BCUT2D eigenvalue weighted by molar-refractivity contribution is -0.149. The van der Waals surface area contributed by atoms with Gasteiger partial charge in [0.05, 0.1) is 17.1 Å². The van der Waals surface area contributed by atoms with Crippen LogP contribution in [0.3, 0.4) is 0 Å². The summed E-state index contributed by atoms with van der Waals surface area (Å²) < 4.78 is 0. The number of thiazole rings is 1. The summed E-state index contributed by atoms with van der Waals surface area (Å²) in [6, 6.07) is 0. The van der Waals surface area contributed by atoms with Gasteiger partial charge in [-0.2, -0.15) is 0 Å². The van der Waals surface area contributed by atoms with Crippen LogP contribution in [-0.2, 0) is 16.0 Å². The highest BCUT2D eigenvalue weighted by Crippen LogP contribution is 2.28. The van der Waals surface area contributed by atoms with Crippen molar-refractivity contribution in [3.63, 3.8) is 0 Å². The molecule has 1 heterocycles. The van der Waals surface area contributed by atoms with E-state index in [1.165, 1.54) is 0 Å². The number of carboxylic acid groups (broad SMARTS) is 1. The van der Waals surface area contributed by atoms with Crippen LogP contribution in [0, 0.1) is 0 Å². The van der Waals surface area contributed by atoms with Gasteiger partial charge in [-0.3, -0.25) is 4.79 Å². The van der Waals surface area contributed by atoms with E-state index in [4.69, 9.17) is 0 Å². The van der Waals surface area contributed by atoms with Crippen LogP contribution < -0.4 is 5.32 Å². The summed E-state index contributed by atoms with van der Waals surface area (Å²) in [7, 11) is 0. The van der Waals surface area contributed by atoms with Gasteiger partial charge < -0.3 is 10.4 Å². The van der Waals surface area contributed by atoms with Gasteiger partial charge in [-0.25, -0.2) is 9.78 Å². The Hall–Kier alpha value is -1.43. The highest BCUT2D eigenvalue weighted by Gasteiger charge is 2.40. The minimum atomic E-state index is -1.08. The molecule has 0 unspecified atom stereocenters. The lowest BCUT2D eigenvalue weighted by Crippen LogP contribution is -2.56. The van der Waals surface area contributed by atoms with Crippen molar-refractivity contribution in [1.29, 1.82) is 0 Å². The number of nitrogens with one attached hydrogen (secondary N) is 1. The zero-order valence-corrected chi connectivity index (χ0v) is 13.3. The van der Waals surface area contributed by atoms with Crippen molar-refractivity contribution in [1.82, 2.24) is 10.3 Å². The summed E-state index contributed by atoms with van der Waals surface area (Å²) in [5.41, 5.74) is -0.357. The molecule has 0 bridgehead atoms. The first-order valence-corrected chi connectivity index (χ1v) is 8.29. The quantitative estimate of drug-likeness (QED) is 0.876. The van der Waals surface area contributed by atoms with Gasteiger partial charge in [-0.15, -0.1) is 11.3 Å². The first kappa shape index (κ1) is 15.9. The fourth-order valence-corrected chi connectivity index (χ4v) is 3.53. The smallest absolute Gasteiger partial charge is 0.329 e. The molecule has 0 spiro atoms. The average molecular weight is 310 g/mol. The van der Waals surface area contributed by atoms with E-state index in [9.17, 15) is 14.7 Å². The van der Waals surface area contributed by atoms with E-state index < -0.39 is 11.5 Å². The Morgan fingerprint density at radius 2 is 2.05 bits per heavy atom. The Kier molecular flexibility index (Phi) is 4.98. The Morgan fingerprint density at radius 3 is 2.57 bits per heavy atom. The highest BCUT2D eigenvalue weighted by atomic mass is 32.1. The molecule has 0 atom stereocenters. The predicted octanol–water partition coefficient (Wildman–Crippen LogP) is 2.71. The van der Waals surface area contributed by atoms with Crippen molar-refractivity contribution in [3.8, 4) is 0 Å². The first-order chi connectivity index (χ1) is 9.93. The predicted molar refractivity (Wildman–Crippen MR) is 81.5 cm³/mol. The molecule has 116 valence electrons. The molecule has 21 heavy (non-hydrogen) atoms. The average Bonchev–Trinajstić information content (AvgIpc) is 2.88. The Balaban J connectivity index is 2.00. The third-order valence-electron chi connectivity index (χ3n) is 3.90. The molecule has 0 saturated heterocycles. The molecule has 0 radical (unpaired) electrons. The number of carboxylic acids is 1. The second kappa shape index (κ2) is 6.56. The largest absolute Gasteiger partial charge is 0.480 e. The normalized spacial score (nSPS) is 17.7. The molecule has 1 aliphatic rings. The van der Waals surface area contributed by atoms with Crippen LogP contribution in [0.2, 0.25) is 0 Å². The fourth-order valence-electron chi connectivity index (χ4n) is 2.69. The van der Waals surface area contributed by atoms with E-state index in [0.717, 1.165) is 30.0 Å². The van der Waals surface area contributed by atoms with Gasteiger partial charge in [0.1, 0.15) is 5.54 Å². The Labute approximate surface area is 128 Å². The molecule has 2 rings (SSSR count). The standard InChI is InChI=1S/C15H22N2O3S/c1-10(2)13-16-11(9-21-13)8-12(18)17-15(14(19)20)6-4-3-5-7-15/h9-10H,3-8H2,1-2H3,(H,17,18)(H,19,20). The lowest BCUT2D eigenvalue weighted by Gasteiger charge is -2.33. The van der Waals surface area contributed by atoms with E-state index in [0.29, 0.717) is 18.8 Å². The zero-order valence-electron chi connectivity index (χ0n) is 12.5. The Morgan fingerprint density at radius 1 is 1.38 bits per heavy atom. The molecule has 1 amide bonds. The van der Waals surface area contributed by atoms with E-state index in [1.54, 1.807) is 11.3 Å². The maximum atomic E-state index is 12.2. The van der Waals surface area contributed by atoms with Crippen LogP contribution in [0.1, 0.15) is 62.6 Å². The number of rotatable bonds is 5. The zero-order chi connectivity index (χ0) is 15.5. The van der Waals surface area contributed by atoms with E-state index in [2.05, 4.69) is 24.1 Å². The molecule has 6 heteroatoms. The van der Waals surface area contributed by atoms with Crippen LogP contribution in [-0.4, -0.2) is 27.5 Å². The van der Waals surface area contributed by atoms with Gasteiger partial charge in [0.2, 0.25) is 5.91 Å². The van der Waals surface area contributed by atoms with Gasteiger partial charge >= 0.3 is 5.97 Å². The fraction of sp³-hybridized carbons (Fsp3) is 0.667. The van der Waals surface area contributed by atoms with Crippen LogP contribution >= 0.6 is 11.3 Å². The number of amides is 1. The third-order valence-corrected chi connectivity index (χ3v) is 5.09. The van der Waals surface area contributed by atoms with E-state index in [1.807, 2.05) is 5.38 Å². The lowest BCUT2D eigenvalue weighted by atomic mass is 9.81. The van der Waals surface area contributed by atoms with E-state index >= 15 is 0 Å². The van der Waals surface area contributed by atoms with Gasteiger partial charge in [-0.1, -0.05) is 33.1 Å². The van der Waals surface area contributed by atoms with E-state index in [-0.39, 0.29) is 12.3 Å². The highest BCUT2D eigenvalue weighted by molar-refractivity contribution is 7.09. The summed E-state index contributed by atoms with van der Waals surface area (Å²) in [6.45, 7) is 4.12. The molecule has 5 nitrogen and oxygen atoms in total. The summed E-state index contributed by atoms with van der Waals surface area (Å²) in [4.78, 5) is 28.1. The van der Waals surface area contributed by atoms with Crippen molar-refractivity contribution in [2.24, 2.45) is 0 Å². The molecular weight excluding hydrogens is 288 g/mol. The van der Waals surface area contributed by atoms with Crippen molar-refractivity contribution >= 4 is 23.2 Å². The second-order valence-corrected chi connectivity index (χ2v) is 6.89. The van der Waals surface area contributed by atoms with Gasteiger partial charge in [0.15, 0.2) is 0 Å². The van der Waals surface area contributed by atoms with Crippen molar-refractivity contribution in [2.75, 3.05) is 0 Å². The van der Waals surface area contributed by atoms with Crippen LogP contribution in [0.25, 0.3) is 0 Å². The molecule has 1 aliphatic carbocycles. The molecule has 1 fully saturated rings. The molecular formula is C15H22N2O3S. The maximum Gasteiger partial charge on any atom is 0.329 e. The second-order valence-electron chi connectivity index (χ2n) is 6.00. The molecule has 0 aromatic carbocycles. The molecule has 1 saturated carbocycles. The third kappa shape index (κ3) is 3.81. The van der Waals surface area contributed by atoms with Gasteiger partial charge in [0, 0.05) is 11.3 Å². The summed E-state index contributed by atoms with van der Waals surface area (Å²) in [6.07, 6.45) is 3.92. The number of carbonyl (C=O) groups excluding carboxylic acids is 1. The number of nitrogens with zero attached hydrogens (tertiary/aromatic N) is 1. The van der Waals surface area contributed by atoms with Gasteiger partial charge in [0.25, 0.3) is 0 Å². The number of hydrogen-bond acceptors (Lipinski definition) is 4. The molecule has 1 aromatic heterocycles. The maximum absolute atomic E-state index is 12.2. The van der Waals surface area contributed by atoms with Crippen LogP contribution in [0.15, 0.2) is 5.38 Å². The first-order valence-electron chi connectivity index (χ1n) is 7.42. The topological polar surface area (TPSA) is 79.3 Å². The Bertz CT molecular complexity index is 519. The number of aliphatic carboxylic acids is 1. The minimum Gasteiger partial charge on any atom is -0.480 e. The van der Waals surface area contributed by atoms with Crippen molar-refractivity contribution in [2.45, 2.75) is 63.8 Å². The minimum absolute atomic E-state index is 0.151. The number of aromatic nitrogens is 1. The summed E-state index contributed by atoms with van der Waals surface area (Å²) >= 11 is 1.54. The van der Waals surface area contributed by atoms with Crippen LogP contribution in [0.5, 0.6) is 0 Å². The molecule has 1 aromatic rings. The molecule has 0 aliphatic heterocycles. The summed E-state index contributed by atoms with van der Waals surface area (Å²) in [5, 5.41) is 15.1. The van der Waals surface area contributed by atoms with Crippen LogP contribution in [0.4, 0.5) is 0 Å². The van der Waals surface area contributed by atoms with Crippen molar-refractivity contribution in [3.05, 3.63) is 16.1 Å². The number of hydrogen-bond donors (Lipinski definition) is 2. The van der Waals surface area contributed by atoms with Gasteiger partial charge in [-0.05, 0) is 12.8 Å². The monoisotopic (exact) mass is 310 g/mol. The number of carbonyl (C=O) groups is 2. The molecule has 2 N–H and O–H groups in total. The van der Waals surface area contributed by atoms with Crippen molar-refractivity contribution < 1.29 is 14.7 Å².